The van der Waals surface area contributed by atoms with Crippen molar-refractivity contribution in [3.63, 3.8) is 0 Å². The van der Waals surface area contributed by atoms with Gasteiger partial charge in [0.15, 0.2) is 6.23 Å². The average Bonchev–Trinajstić information content (AvgIpc) is 2.40. The van der Waals surface area contributed by atoms with E-state index in [1.807, 2.05) is 0 Å². The SMILES string of the molecule is O=C1C=C(CCc2ccc(OC(F)(F)F)cc2)NNC1O. The topological polar surface area (TPSA) is 70.6 Å². The molecule has 1 aromatic rings. The number of aliphatic hydroxyl groups is 1. The van der Waals surface area contributed by atoms with Crippen molar-refractivity contribution in [2.75, 3.05) is 0 Å². The Morgan fingerprint density at radius 1 is 1.19 bits per heavy atom. The van der Waals surface area contributed by atoms with Crippen LogP contribution in [0.4, 0.5) is 13.2 Å². The summed E-state index contributed by atoms with van der Waals surface area (Å²) in [5, 5.41) is 9.13. The molecule has 5 nitrogen and oxygen atoms in total. The molecule has 0 radical (unpaired) electrons. The number of aryl methyl sites for hydroxylation is 1. The number of carbonyl (C=O) groups is 1. The van der Waals surface area contributed by atoms with Gasteiger partial charge in [-0.1, -0.05) is 12.1 Å². The first-order valence-electron chi connectivity index (χ1n) is 6.12. The molecule has 0 bridgehead atoms. The fourth-order valence-electron chi connectivity index (χ4n) is 1.79. The van der Waals surface area contributed by atoms with Gasteiger partial charge in [0.05, 0.1) is 0 Å². The van der Waals surface area contributed by atoms with Gasteiger partial charge in [-0.05, 0) is 30.5 Å². The van der Waals surface area contributed by atoms with Crippen LogP contribution in [0.3, 0.4) is 0 Å². The molecular formula is C13H13F3N2O3. The second-order valence-electron chi connectivity index (χ2n) is 4.44. The van der Waals surface area contributed by atoms with Crippen molar-refractivity contribution < 1.29 is 27.8 Å². The molecular weight excluding hydrogens is 289 g/mol. The number of allylic oxidation sites excluding steroid dienone is 1. The largest absolute Gasteiger partial charge is 0.573 e. The van der Waals surface area contributed by atoms with Crippen molar-refractivity contribution in [1.82, 2.24) is 10.9 Å². The first-order chi connectivity index (χ1) is 9.83. The van der Waals surface area contributed by atoms with Crippen molar-refractivity contribution in [1.29, 1.82) is 0 Å². The third kappa shape index (κ3) is 4.76. The summed E-state index contributed by atoms with van der Waals surface area (Å²) in [6, 6.07) is 5.51. The minimum Gasteiger partial charge on any atom is -0.406 e. The van der Waals surface area contributed by atoms with Gasteiger partial charge in [0.25, 0.3) is 0 Å². The van der Waals surface area contributed by atoms with Gasteiger partial charge in [-0.3, -0.25) is 4.79 Å². The molecule has 0 spiro atoms. The number of ether oxygens (including phenoxy) is 1. The normalized spacial score (nSPS) is 19.0. The van der Waals surface area contributed by atoms with Crippen LogP contribution >= 0.6 is 0 Å². The highest BCUT2D eigenvalue weighted by atomic mass is 19.4. The zero-order valence-corrected chi connectivity index (χ0v) is 10.8. The van der Waals surface area contributed by atoms with Crippen LogP contribution in [0.2, 0.25) is 0 Å². The fraction of sp³-hybridized carbons (Fsp3) is 0.308. The highest BCUT2D eigenvalue weighted by molar-refractivity contribution is 5.94. The van der Waals surface area contributed by atoms with Gasteiger partial charge in [-0.2, -0.15) is 0 Å². The van der Waals surface area contributed by atoms with Gasteiger partial charge in [0, 0.05) is 11.8 Å². The second-order valence-corrected chi connectivity index (χ2v) is 4.44. The monoisotopic (exact) mass is 302 g/mol. The van der Waals surface area contributed by atoms with Gasteiger partial charge >= 0.3 is 6.36 Å². The van der Waals surface area contributed by atoms with Crippen LogP contribution in [0.15, 0.2) is 36.0 Å². The number of alkyl halides is 3. The third-order valence-corrected chi connectivity index (χ3v) is 2.80. The van der Waals surface area contributed by atoms with Gasteiger partial charge in [0.2, 0.25) is 5.78 Å². The molecule has 1 aromatic carbocycles. The summed E-state index contributed by atoms with van der Waals surface area (Å²) in [7, 11) is 0. The van der Waals surface area contributed by atoms with Crippen LogP contribution in [0.1, 0.15) is 12.0 Å². The molecule has 1 atom stereocenters. The molecule has 3 N–H and O–H groups in total. The molecule has 0 saturated heterocycles. The summed E-state index contributed by atoms with van der Waals surface area (Å²) in [6.45, 7) is 0. The maximum Gasteiger partial charge on any atom is 0.573 e. The zero-order chi connectivity index (χ0) is 15.5. The first-order valence-corrected chi connectivity index (χ1v) is 6.12. The highest BCUT2D eigenvalue weighted by Gasteiger charge is 2.30. The Kier molecular flexibility index (Phi) is 4.49. The lowest BCUT2D eigenvalue weighted by Crippen LogP contribution is -2.48. The number of hydrazine groups is 1. The average molecular weight is 302 g/mol. The number of ketones is 1. The van der Waals surface area contributed by atoms with Crippen LogP contribution < -0.4 is 15.6 Å². The molecule has 0 amide bonds. The zero-order valence-electron chi connectivity index (χ0n) is 10.8. The maximum atomic E-state index is 12.0. The van der Waals surface area contributed by atoms with Crippen LogP contribution in [0, 0.1) is 0 Å². The molecule has 114 valence electrons. The van der Waals surface area contributed by atoms with Crippen LogP contribution in [-0.4, -0.2) is 23.5 Å². The quantitative estimate of drug-likeness (QED) is 0.784. The van der Waals surface area contributed by atoms with Crippen molar-refractivity contribution in [3.05, 3.63) is 41.6 Å². The molecule has 1 unspecified atom stereocenters. The number of hydrogen-bond acceptors (Lipinski definition) is 5. The van der Waals surface area contributed by atoms with E-state index in [9.17, 15) is 18.0 Å². The molecule has 0 saturated carbocycles. The first kappa shape index (κ1) is 15.3. The second kappa shape index (κ2) is 6.15. The Bertz CT molecular complexity index is 541. The lowest BCUT2D eigenvalue weighted by Gasteiger charge is -2.20. The standard InChI is InChI=1S/C13H13F3N2O3/c14-13(15,16)21-10-5-2-8(3-6-10)1-4-9-7-11(19)12(20)18-17-9/h2-3,5-7,12,17-18,20H,1,4H2. The molecule has 8 heteroatoms. The molecule has 1 heterocycles. The molecule has 2 rings (SSSR count). The van der Waals surface area contributed by atoms with E-state index >= 15 is 0 Å². The number of carbonyl (C=O) groups excluding carboxylic acids is 1. The molecule has 0 aliphatic carbocycles. The lowest BCUT2D eigenvalue weighted by atomic mass is 10.1. The maximum absolute atomic E-state index is 12.0. The van der Waals surface area contributed by atoms with E-state index in [1.165, 1.54) is 30.3 Å². The number of rotatable bonds is 4. The summed E-state index contributed by atoms with van der Waals surface area (Å²) in [4.78, 5) is 11.2. The Hall–Kier alpha value is -2.06. The van der Waals surface area contributed by atoms with Crippen LogP contribution in [0.25, 0.3) is 0 Å². The molecule has 1 aliphatic rings. The Balaban J connectivity index is 1.89. The predicted octanol–water partition coefficient (Wildman–Crippen LogP) is 1.40. The Morgan fingerprint density at radius 3 is 2.43 bits per heavy atom. The third-order valence-electron chi connectivity index (χ3n) is 2.80. The van der Waals surface area contributed by atoms with E-state index in [1.54, 1.807) is 0 Å². The Morgan fingerprint density at radius 2 is 1.86 bits per heavy atom. The summed E-state index contributed by atoms with van der Waals surface area (Å²) in [5.41, 5.74) is 6.47. The lowest BCUT2D eigenvalue weighted by molar-refractivity contribution is -0.274. The fourth-order valence-corrected chi connectivity index (χ4v) is 1.79. The number of aliphatic hydroxyl groups excluding tert-OH is 1. The predicted molar refractivity (Wildman–Crippen MR) is 66.8 cm³/mol. The molecule has 0 aromatic heterocycles. The summed E-state index contributed by atoms with van der Waals surface area (Å²) >= 11 is 0. The van der Waals surface area contributed by atoms with Crippen molar-refractivity contribution in [2.45, 2.75) is 25.4 Å². The molecule has 1 aliphatic heterocycles. The smallest absolute Gasteiger partial charge is 0.406 e. The van der Waals surface area contributed by atoms with Crippen LogP contribution in [-0.2, 0) is 11.2 Å². The van der Waals surface area contributed by atoms with Gasteiger partial charge in [-0.25, -0.2) is 5.43 Å². The Labute approximate surface area is 118 Å². The van der Waals surface area contributed by atoms with E-state index in [0.29, 0.717) is 18.5 Å². The van der Waals surface area contributed by atoms with Crippen molar-refractivity contribution in [3.8, 4) is 5.75 Å². The minimum absolute atomic E-state index is 0.277. The van der Waals surface area contributed by atoms with Crippen molar-refractivity contribution in [2.24, 2.45) is 0 Å². The number of halogens is 3. The minimum atomic E-state index is -4.70. The molecule has 0 fully saturated rings. The van der Waals surface area contributed by atoms with Gasteiger partial charge in [-0.15, -0.1) is 13.2 Å². The highest BCUT2D eigenvalue weighted by Crippen LogP contribution is 2.23. The van der Waals surface area contributed by atoms with Crippen LogP contribution in [0.5, 0.6) is 5.75 Å². The van der Waals surface area contributed by atoms with Crippen molar-refractivity contribution >= 4 is 5.78 Å². The van der Waals surface area contributed by atoms with E-state index < -0.39 is 18.4 Å². The van der Waals surface area contributed by atoms with E-state index in [4.69, 9.17) is 5.11 Å². The van der Waals surface area contributed by atoms with E-state index in [2.05, 4.69) is 15.6 Å². The summed E-state index contributed by atoms with van der Waals surface area (Å²) in [5.74, 6) is -0.723. The summed E-state index contributed by atoms with van der Waals surface area (Å²) < 4.78 is 39.8. The van der Waals surface area contributed by atoms with Gasteiger partial charge < -0.3 is 15.3 Å². The number of hydrogen-bond donors (Lipinski definition) is 3. The number of benzene rings is 1. The number of nitrogens with one attached hydrogen (secondary N) is 2. The van der Waals surface area contributed by atoms with E-state index in [-0.39, 0.29) is 5.75 Å². The molecule has 21 heavy (non-hydrogen) atoms. The van der Waals surface area contributed by atoms with Gasteiger partial charge in [0.1, 0.15) is 5.75 Å². The van der Waals surface area contributed by atoms with E-state index in [0.717, 1.165) is 5.56 Å². The summed E-state index contributed by atoms with van der Waals surface area (Å²) in [6.07, 6.45) is -3.66.